The Bertz CT molecular complexity index is 1690. The van der Waals surface area contributed by atoms with Gasteiger partial charge in [-0.2, -0.15) is 0 Å². The van der Waals surface area contributed by atoms with Crippen LogP contribution in [0.3, 0.4) is 0 Å². The molecule has 2 heterocycles. The number of β-lactam (4-membered cyclic amide) rings is 1. The fraction of sp³-hybridized carbons (Fsp3) is 0.324. The van der Waals surface area contributed by atoms with Crippen LogP contribution >= 0.6 is 0 Å². The minimum absolute atomic E-state index is 0.0978. The number of benzene rings is 4. The first kappa shape index (κ1) is 33.7. The van der Waals surface area contributed by atoms with E-state index in [1.165, 1.54) is 43.5 Å². The van der Waals surface area contributed by atoms with E-state index < -0.39 is 54.4 Å². The van der Waals surface area contributed by atoms with Gasteiger partial charge in [0.05, 0.1) is 18.1 Å². The number of halogens is 2. The summed E-state index contributed by atoms with van der Waals surface area (Å²) >= 11 is 0. The largest absolute Gasteiger partial charge is 0.491 e. The number of aliphatic hydroxyl groups is 4. The third-order valence-electron chi connectivity index (χ3n) is 9.06. The average Bonchev–Trinajstić information content (AvgIpc) is 3.10. The first-order valence-electron chi connectivity index (χ1n) is 15.7. The predicted octanol–water partition coefficient (Wildman–Crippen LogP) is 4.68. The van der Waals surface area contributed by atoms with Crippen molar-refractivity contribution in [1.29, 1.82) is 0 Å². The second-order valence-corrected chi connectivity index (χ2v) is 12.1. The van der Waals surface area contributed by atoms with Gasteiger partial charge in [0, 0.05) is 12.8 Å². The smallest absolute Gasteiger partial charge is 0.233 e. The van der Waals surface area contributed by atoms with Crippen LogP contribution in [0.25, 0.3) is 11.1 Å². The zero-order valence-corrected chi connectivity index (χ0v) is 26.1. The number of hydrogen-bond acceptors (Lipinski definition) is 8. The number of amides is 1. The number of hydrogen-bond donors (Lipinski definition) is 4. The number of methoxy groups -OCH3 is 1. The van der Waals surface area contributed by atoms with Gasteiger partial charge in [-0.15, -0.1) is 0 Å². The Balaban J connectivity index is 1.17. The summed E-state index contributed by atoms with van der Waals surface area (Å²) in [7, 11) is 1.33. The zero-order valence-electron chi connectivity index (χ0n) is 26.1. The van der Waals surface area contributed by atoms with Gasteiger partial charge in [-0.25, -0.2) is 8.78 Å². The quantitative estimate of drug-likeness (QED) is 0.171. The van der Waals surface area contributed by atoms with Crippen LogP contribution in [0.1, 0.15) is 36.1 Å². The van der Waals surface area contributed by atoms with Crippen molar-refractivity contribution in [3.63, 3.8) is 0 Å². The molecular weight excluding hydrogens is 624 g/mol. The Morgan fingerprint density at radius 1 is 0.833 bits per heavy atom. The van der Waals surface area contributed by atoms with Crippen LogP contribution < -0.4 is 9.64 Å². The van der Waals surface area contributed by atoms with Gasteiger partial charge in [0.25, 0.3) is 0 Å². The third-order valence-corrected chi connectivity index (χ3v) is 9.06. The molecule has 0 radical (unpaired) electrons. The SMILES string of the molecule is CO[C@H]1O[C@H](COc2cccc(-c3ccc([C@@H]4[C@@H](CC[C@H](O)c5ccc(F)cc5)C(=O)N4c4ccc(F)cc4)cc3)c2)[C@@H](O)[C@H](O)[C@H]1O. The molecule has 252 valence electrons. The second kappa shape index (κ2) is 14.5. The molecule has 8 atom stereocenters. The van der Waals surface area contributed by atoms with Crippen molar-refractivity contribution in [2.24, 2.45) is 5.92 Å². The van der Waals surface area contributed by atoms with Crippen molar-refractivity contribution in [2.75, 3.05) is 18.6 Å². The van der Waals surface area contributed by atoms with Crippen LogP contribution in [0, 0.1) is 17.6 Å². The molecule has 2 aliphatic heterocycles. The van der Waals surface area contributed by atoms with Gasteiger partial charge in [0.2, 0.25) is 5.91 Å². The van der Waals surface area contributed by atoms with Gasteiger partial charge in [-0.1, -0.05) is 48.5 Å². The first-order valence-corrected chi connectivity index (χ1v) is 15.7. The minimum Gasteiger partial charge on any atom is -0.491 e. The molecule has 48 heavy (non-hydrogen) atoms. The fourth-order valence-electron chi connectivity index (χ4n) is 6.36. The van der Waals surface area contributed by atoms with Crippen molar-refractivity contribution in [2.45, 2.75) is 55.7 Å². The van der Waals surface area contributed by atoms with Crippen molar-refractivity contribution in [1.82, 2.24) is 0 Å². The monoisotopic (exact) mass is 661 g/mol. The van der Waals surface area contributed by atoms with E-state index in [1.54, 1.807) is 23.1 Å². The summed E-state index contributed by atoms with van der Waals surface area (Å²) in [5, 5.41) is 41.2. The highest BCUT2D eigenvalue weighted by Gasteiger charge is 2.48. The molecule has 0 spiro atoms. The molecule has 0 aliphatic carbocycles. The molecule has 4 N–H and O–H groups in total. The molecule has 4 aromatic rings. The lowest BCUT2D eigenvalue weighted by Gasteiger charge is -2.48. The Labute approximate surface area is 276 Å². The van der Waals surface area contributed by atoms with Crippen molar-refractivity contribution < 1.29 is 48.2 Å². The van der Waals surface area contributed by atoms with Gasteiger partial charge in [-0.05, 0) is 83.6 Å². The third kappa shape index (κ3) is 6.98. The number of nitrogens with zero attached hydrogens (tertiary/aromatic N) is 1. The molecule has 6 rings (SSSR count). The number of carbonyl (C=O) groups is 1. The normalized spacial score (nSPS) is 26.2. The summed E-state index contributed by atoms with van der Waals surface area (Å²) in [5.74, 6) is -0.862. The zero-order chi connectivity index (χ0) is 33.9. The van der Waals surface area contributed by atoms with Gasteiger partial charge in [0.15, 0.2) is 6.29 Å². The molecule has 0 aromatic heterocycles. The summed E-state index contributed by atoms with van der Waals surface area (Å²) in [6.07, 6.45) is -6.42. The fourth-order valence-corrected chi connectivity index (χ4v) is 6.36. The Morgan fingerprint density at radius 2 is 1.50 bits per heavy atom. The topological polar surface area (TPSA) is 129 Å². The number of anilines is 1. The highest BCUT2D eigenvalue weighted by atomic mass is 19.1. The lowest BCUT2D eigenvalue weighted by Crippen LogP contribution is -2.59. The lowest BCUT2D eigenvalue weighted by atomic mass is 9.78. The number of rotatable bonds is 11. The molecule has 9 nitrogen and oxygen atoms in total. The van der Waals surface area contributed by atoms with E-state index in [0.717, 1.165) is 16.7 Å². The van der Waals surface area contributed by atoms with Gasteiger partial charge in [0.1, 0.15) is 48.4 Å². The number of carbonyl (C=O) groups excluding carboxylic acids is 1. The predicted molar refractivity (Wildman–Crippen MR) is 172 cm³/mol. The van der Waals surface area contributed by atoms with Crippen molar-refractivity contribution >= 4 is 11.6 Å². The van der Waals surface area contributed by atoms with E-state index in [-0.39, 0.29) is 18.6 Å². The summed E-state index contributed by atoms with van der Waals surface area (Å²) in [4.78, 5) is 15.1. The van der Waals surface area contributed by atoms with Crippen LogP contribution in [0.5, 0.6) is 5.75 Å². The Morgan fingerprint density at radius 3 is 2.17 bits per heavy atom. The maximum atomic E-state index is 13.7. The molecule has 4 aromatic carbocycles. The summed E-state index contributed by atoms with van der Waals surface area (Å²) in [5.41, 5.74) is 3.73. The van der Waals surface area contributed by atoms with Gasteiger partial charge < -0.3 is 39.5 Å². The molecule has 11 heteroatoms. The molecule has 2 saturated heterocycles. The van der Waals surface area contributed by atoms with E-state index in [0.29, 0.717) is 29.8 Å². The molecule has 0 bridgehead atoms. The minimum atomic E-state index is -1.45. The highest BCUT2D eigenvalue weighted by Crippen LogP contribution is 2.46. The molecule has 2 fully saturated rings. The summed E-state index contributed by atoms with van der Waals surface area (Å²) < 4.78 is 43.6. The van der Waals surface area contributed by atoms with E-state index in [2.05, 4.69) is 0 Å². The van der Waals surface area contributed by atoms with Crippen molar-refractivity contribution in [3.8, 4) is 16.9 Å². The van der Waals surface area contributed by atoms with Crippen LogP contribution in [-0.2, 0) is 14.3 Å². The molecule has 0 saturated carbocycles. The molecule has 1 amide bonds. The van der Waals surface area contributed by atoms with Crippen LogP contribution in [-0.4, -0.2) is 70.8 Å². The number of ether oxygens (including phenoxy) is 3. The van der Waals surface area contributed by atoms with E-state index in [4.69, 9.17) is 14.2 Å². The molecule has 0 unspecified atom stereocenters. The second-order valence-electron chi connectivity index (χ2n) is 12.1. The summed E-state index contributed by atoms with van der Waals surface area (Å²) in [6, 6.07) is 26.1. The molecule has 2 aliphatic rings. The van der Waals surface area contributed by atoms with Gasteiger partial charge in [-0.3, -0.25) is 4.79 Å². The maximum Gasteiger partial charge on any atom is 0.233 e. The van der Waals surface area contributed by atoms with E-state index in [1.807, 2.05) is 42.5 Å². The standard InChI is InChI=1S/C37H37F2NO8/c1-46-37-35(44)34(43)33(42)31(48-37)20-47-28-4-2-3-24(19-28)21-5-7-23(8-6-21)32-29(17-18-30(41)22-9-11-25(38)12-10-22)36(45)40(32)27-15-13-26(39)14-16-27/h2-16,19,29-35,37,41-44H,17-18,20H2,1H3/t29-,30+,31-,32-,33-,34+,35-,37+/m1/s1. The Hall–Kier alpha value is -4.23. The maximum absolute atomic E-state index is 13.7. The van der Waals surface area contributed by atoms with Crippen LogP contribution in [0.2, 0.25) is 0 Å². The Kier molecular flexibility index (Phi) is 10.2. The lowest BCUT2D eigenvalue weighted by molar-refractivity contribution is -0.293. The van der Waals surface area contributed by atoms with Gasteiger partial charge >= 0.3 is 0 Å². The highest BCUT2D eigenvalue weighted by molar-refractivity contribution is 6.03. The average molecular weight is 662 g/mol. The summed E-state index contributed by atoms with van der Waals surface area (Å²) in [6.45, 7) is -0.0978. The first-order chi connectivity index (χ1) is 23.1. The van der Waals surface area contributed by atoms with E-state index >= 15 is 0 Å². The number of aliphatic hydroxyl groups excluding tert-OH is 4. The van der Waals surface area contributed by atoms with Crippen LogP contribution in [0.15, 0.2) is 97.1 Å². The van der Waals surface area contributed by atoms with E-state index in [9.17, 15) is 34.0 Å². The molecular formula is C37H37F2NO8. The van der Waals surface area contributed by atoms with Crippen molar-refractivity contribution in [3.05, 3.63) is 120 Å². The van der Waals surface area contributed by atoms with Crippen LogP contribution in [0.4, 0.5) is 14.5 Å².